The van der Waals surface area contributed by atoms with E-state index in [1.165, 1.54) is 27.2 Å². The monoisotopic (exact) mass is 563 g/mol. The van der Waals surface area contributed by atoms with Crippen molar-refractivity contribution >= 4 is 63.3 Å². The molecular formula is C22H25N7O5S3. The van der Waals surface area contributed by atoms with Crippen LogP contribution in [0.15, 0.2) is 21.9 Å². The zero-order valence-electron chi connectivity index (χ0n) is 20.1. The maximum absolute atomic E-state index is 13.1. The number of β-lactam (4-membered cyclic amide) rings is 1. The van der Waals surface area contributed by atoms with Crippen LogP contribution in [0.1, 0.15) is 36.7 Å². The highest BCUT2D eigenvalue weighted by Crippen LogP contribution is 2.40. The van der Waals surface area contributed by atoms with Crippen molar-refractivity contribution in [2.45, 2.75) is 51.1 Å². The first kappa shape index (κ1) is 25.6. The third-order valence-electron chi connectivity index (χ3n) is 6.44. The molecule has 1 saturated heterocycles. The summed E-state index contributed by atoms with van der Waals surface area (Å²) in [5, 5.41) is 18.2. The summed E-state index contributed by atoms with van der Waals surface area (Å²) in [5.41, 5.74) is 9.17. The van der Waals surface area contributed by atoms with Crippen molar-refractivity contribution in [3.05, 3.63) is 33.2 Å². The molecule has 196 valence electrons. The standard InChI is InChI=1S/C22H25N7O5S3/c1-3-34-26-14(17-25-22(23)37-27-17)18(30)24-15-19(31)29-16(21(32)33)11(8-35-20(15)29)7-28-9-36-13-6-10(2)4-5-12(13)28/h9-10,15,20H,3-8H2,1-2H3,(H3-,23,24,25,27,30,32,33)/b26-14+/t10?,15-,20-/m1/s1. The Hall–Kier alpha value is -3.04. The molecule has 2 aromatic heterocycles. The number of nitrogen functional groups attached to an aromatic ring is 1. The van der Waals surface area contributed by atoms with Crippen LogP contribution in [0.3, 0.4) is 0 Å². The zero-order chi connectivity index (χ0) is 26.3. The van der Waals surface area contributed by atoms with Crippen LogP contribution >= 0.6 is 34.6 Å². The first-order chi connectivity index (χ1) is 17.8. The van der Waals surface area contributed by atoms with Gasteiger partial charge in [0, 0.05) is 29.3 Å². The topological polar surface area (TPSA) is 167 Å². The number of carbonyl (C=O) groups is 3. The van der Waals surface area contributed by atoms with E-state index in [2.05, 4.69) is 31.3 Å². The maximum atomic E-state index is 13.1. The van der Waals surface area contributed by atoms with Crippen LogP contribution in [0.4, 0.5) is 5.13 Å². The normalized spacial score (nSPS) is 23.3. The number of carboxylic acid groups (broad SMARTS) is 1. The fourth-order valence-corrected chi connectivity index (χ4v) is 7.62. The quantitative estimate of drug-likeness (QED) is 0.185. The lowest BCUT2D eigenvalue weighted by Gasteiger charge is -2.50. The molecule has 3 atom stereocenters. The van der Waals surface area contributed by atoms with Crippen LogP contribution in [0, 0.1) is 5.92 Å². The number of nitrogens with two attached hydrogens (primary N) is 1. The summed E-state index contributed by atoms with van der Waals surface area (Å²) in [7, 11) is 0. The van der Waals surface area contributed by atoms with E-state index >= 15 is 0 Å². The van der Waals surface area contributed by atoms with Gasteiger partial charge >= 0.3 is 0 Å². The fraction of sp³-hybridized carbons (Fsp3) is 0.500. The number of carbonyl (C=O) groups excluding carboxylic acids is 3. The van der Waals surface area contributed by atoms with E-state index in [4.69, 9.17) is 10.6 Å². The van der Waals surface area contributed by atoms with Crippen LogP contribution < -0.4 is 20.7 Å². The molecule has 5 rings (SSSR count). The molecule has 0 saturated carbocycles. The largest absolute Gasteiger partial charge is 0.543 e. The smallest absolute Gasteiger partial charge is 0.278 e. The zero-order valence-corrected chi connectivity index (χ0v) is 22.6. The number of aliphatic carboxylic acids is 1. The number of nitrogens with zero attached hydrogens (tertiary/aromatic N) is 5. The van der Waals surface area contributed by atoms with Crippen molar-refractivity contribution in [1.82, 2.24) is 19.6 Å². The number of fused-ring (bicyclic) bond motifs is 2. The highest BCUT2D eigenvalue weighted by molar-refractivity contribution is 8.00. The van der Waals surface area contributed by atoms with Crippen LogP contribution in [0.2, 0.25) is 0 Å². The first-order valence-corrected chi connectivity index (χ1v) is 14.5. The maximum Gasteiger partial charge on any atom is 0.278 e. The average Bonchev–Trinajstić information content (AvgIpc) is 3.47. The fourth-order valence-electron chi connectivity index (χ4n) is 4.66. The molecule has 0 spiro atoms. The number of carboxylic acids is 1. The van der Waals surface area contributed by atoms with Gasteiger partial charge in [-0.3, -0.25) is 14.5 Å². The second-order valence-corrected chi connectivity index (χ2v) is 11.8. The lowest BCUT2D eigenvalue weighted by atomic mass is 9.92. The van der Waals surface area contributed by atoms with Crippen molar-refractivity contribution in [3.8, 4) is 0 Å². The molecule has 12 nitrogen and oxygen atoms in total. The van der Waals surface area contributed by atoms with Crippen LogP contribution in [0.5, 0.6) is 0 Å². The Morgan fingerprint density at radius 3 is 2.95 bits per heavy atom. The molecule has 37 heavy (non-hydrogen) atoms. The molecule has 4 heterocycles. The Kier molecular flexibility index (Phi) is 7.18. The number of thioether (sulfide) groups is 1. The molecule has 2 aromatic rings. The van der Waals surface area contributed by atoms with E-state index < -0.39 is 29.2 Å². The van der Waals surface area contributed by atoms with Gasteiger partial charge in [0.1, 0.15) is 18.0 Å². The molecule has 3 aliphatic rings. The number of nitrogens with one attached hydrogen (secondary N) is 1. The number of thiazole rings is 1. The summed E-state index contributed by atoms with van der Waals surface area (Å²) in [6, 6.07) is -0.945. The summed E-state index contributed by atoms with van der Waals surface area (Å²) in [6.45, 7) is 4.52. The van der Waals surface area contributed by atoms with Crippen molar-refractivity contribution in [3.63, 3.8) is 0 Å². The summed E-state index contributed by atoms with van der Waals surface area (Å²) < 4.78 is 6.09. The average molecular weight is 564 g/mol. The number of rotatable bonds is 8. The van der Waals surface area contributed by atoms with Crippen molar-refractivity contribution < 1.29 is 28.9 Å². The van der Waals surface area contributed by atoms with Crippen molar-refractivity contribution in [2.24, 2.45) is 11.1 Å². The summed E-state index contributed by atoms with van der Waals surface area (Å²) >= 11 is 3.98. The van der Waals surface area contributed by atoms with Gasteiger partial charge in [0.25, 0.3) is 11.8 Å². The van der Waals surface area contributed by atoms with Gasteiger partial charge in [0.2, 0.25) is 17.0 Å². The van der Waals surface area contributed by atoms with Gasteiger partial charge in [-0.25, -0.2) is 0 Å². The summed E-state index contributed by atoms with van der Waals surface area (Å²) in [4.78, 5) is 49.8. The Bertz CT molecular complexity index is 1320. The predicted molar refractivity (Wildman–Crippen MR) is 135 cm³/mol. The summed E-state index contributed by atoms with van der Waals surface area (Å²) in [6.07, 6.45) is 3.07. The Morgan fingerprint density at radius 2 is 2.24 bits per heavy atom. The van der Waals surface area contributed by atoms with E-state index in [0.717, 1.165) is 30.8 Å². The van der Waals surface area contributed by atoms with Crippen molar-refractivity contribution in [2.75, 3.05) is 18.1 Å². The minimum Gasteiger partial charge on any atom is -0.543 e. The van der Waals surface area contributed by atoms with E-state index in [-0.39, 0.29) is 29.0 Å². The van der Waals surface area contributed by atoms with Crippen molar-refractivity contribution in [1.29, 1.82) is 0 Å². The Labute approximate surface area is 224 Å². The lowest BCUT2D eigenvalue weighted by Crippen LogP contribution is -2.71. The van der Waals surface area contributed by atoms with Gasteiger partial charge in [-0.1, -0.05) is 23.4 Å². The molecule has 3 N–H and O–H groups in total. The third kappa shape index (κ3) is 4.82. The van der Waals surface area contributed by atoms with Gasteiger partial charge in [0.15, 0.2) is 17.4 Å². The number of anilines is 1. The molecule has 0 radical (unpaired) electrons. The lowest BCUT2D eigenvalue weighted by molar-refractivity contribution is -0.692. The second kappa shape index (κ2) is 10.4. The minimum atomic E-state index is -1.41. The number of amides is 2. The van der Waals surface area contributed by atoms with E-state index in [1.54, 1.807) is 18.3 Å². The van der Waals surface area contributed by atoms with Gasteiger partial charge in [-0.2, -0.15) is 13.9 Å². The molecule has 0 aromatic carbocycles. The number of hydrogen-bond acceptors (Lipinski definition) is 12. The highest BCUT2D eigenvalue weighted by atomic mass is 32.2. The van der Waals surface area contributed by atoms with Crippen LogP contribution in [-0.4, -0.2) is 61.5 Å². The Balaban J connectivity index is 1.34. The SMILES string of the molecule is CCO/N=C(/C(=O)N[C@@H]1C(=O)N2C(C(=O)[O-])=C(C[n+]3csc4c3CCC(C)C4)CS[C@H]12)c1nsc(N)n1. The molecular weight excluding hydrogens is 538 g/mol. The van der Waals surface area contributed by atoms with Crippen LogP contribution in [0.25, 0.3) is 0 Å². The molecule has 1 aliphatic carbocycles. The van der Waals surface area contributed by atoms with E-state index in [9.17, 15) is 19.5 Å². The highest BCUT2D eigenvalue weighted by Gasteiger charge is 2.53. The number of hydrogen-bond donors (Lipinski definition) is 2. The molecule has 2 aliphatic heterocycles. The molecule has 15 heteroatoms. The van der Waals surface area contributed by atoms with Gasteiger partial charge in [-0.05, 0) is 25.7 Å². The third-order valence-corrected chi connectivity index (χ3v) is 9.37. The Morgan fingerprint density at radius 1 is 1.43 bits per heavy atom. The van der Waals surface area contributed by atoms with Gasteiger partial charge in [-0.15, -0.1) is 11.8 Å². The van der Waals surface area contributed by atoms with Gasteiger partial charge in [0.05, 0.1) is 16.5 Å². The number of aromatic nitrogens is 3. The molecule has 1 unspecified atom stereocenters. The first-order valence-electron chi connectivity index (χ1n) is 11.8. The molecule has 2 amide bonds. The summed E-state index contributed by atoms with van der Waals surface area (Å²) in [5.74, 6) is -1.65. The molecule has 1 fully saturated rings. The van der Waals surface area contributed by atoms with E-state index in [0.29, 0.717) is 23.8 Å². The predicted octanol–water partition coefficient (Wildman–Crippen LogP) is -0.561. The van der Waals surface area contributed by atoms with Crippen LogP contribution in [-0.2, 0) is 38.6 Å². The van der Waals surface area contributed by atoms with Gasteiger partial charge < -0.3 is 25.8 Å². The molecule has 0 bridgehead atoms. The number of oxime groups is 1. The minimum absolute atomic E-state index is 0.0171. The second-order valence-electron chi connectivity index (χ2n) is 8.98. The van der Waals surface area contributed by atoms with E-state index in [1.807, 2.05) is 5.51 Å².